The molecule has 1 aliphatic rings. The van der Waals surface area contributed by atoms with Gasteiger partial charge < -0.3 is 15.8 Å². The Hall–Kier alpha value is -1.94. The number of halogens is 4. The summed E-state index contributed by atoms with van der Waals surface area (Å²) in [5.41, 5.74) is 2.67. The molecule has 6 nitrogen and oxygen atoms in total. The average Bonchev–Trinajstić information content (AvgIpc) is 2.78. The Bertz CT molecular complexity index is 670. The molecule has 0 fully saturated rings. The minimum atomic E-state index is -4.17. The van der Waals surface area contributed by atoms with Crippen LogP contribution in [0.2, 0.25) is 0 Å². The van der Waals surface area contributed by atoms with Crippen molar-refractivity contribution in [1.29, 1.82) is 0 Å². The van der Waals surface area contributed by atoms with Crippen LogP contribution in [-0.4, -0.2) is 34.0 Å². The summed E-state index contributed by atoms with van der Waals surface area (Å²) >= 11 is 5.67. The Morgan fingerprint density at radius 2 is 2.08 bits per heavy atom. The number of thioether (sulfide) groups is 1. The van der Waals surface area contributed by atoms with E-state index in [1.807, 2.05) is 0 Å². The van der Waals surface area contributed by atoms with Crippen LogP contribution in [0.4, 0.5) is 18.9 Å². The second-order valence-corrected chi connectivity index (χ2v) is 6.24. The number of aliphatic imine (C=N–C) groups is 1. The second-order valence-electron chi connectivity index (χ2n) is 4.64. The highest BCUT2D eigenvalue weighted by Crippen LogP contribution is 2.29. The van der Waals surface area contributed by atoms with Gasteiger partial charge in [0.15, 0.2) is 5.17 Å². The van der Waals surface area contributed by atoms with Crippen LogP contribution in [0.5, 0.6) is 5.75 Å². The smallest absolute Gasteiger partial charge is 0.429 e. The average molecular weight is 382 g/mol. The van der Waals surface area contributed by atoms with Crippen molar-refractivity contribution >= 4 is 46.0 Å². The molecular formula is C13H11ClF3N3O3S. The second kappa shape index (κ2) is 7.31. The maximum Gasteiger partial charge on any atom is 0.444 e. The van der Waals surface area contributed by atoms with Crippen LogP contribution in [0.3, 0.4) is 0 Å². The Balaban J connectivity index is 1.90. The molecule has 3 N–H and O–H groups in total. The van der Waals surface area contributed by atoms with Crippen LogP contribution in [-0.2, 0) is 9.59 Å². The monoisotopic (exact) mass is 381 g/mol. The van der Waals surface area contributed by atoms with Crippen LogP contribution in [0.15, 0.2) is 29.3 Å². The molecule has 24 heavy (non-hydrogen) atoms. The highest BCUT2D eigenvalue weighted by molar-refractivity contribution is 8.15. The van der Waals surface area contributed by atoms with Crippen LogP contribution in [0.25, 0.3) is 0 Å². The number of nitrogens with one attached hydrogen (secondary N) is 1. The van der Waals surface area contributed by atoms with Crippen molar-refractivity contribution in [3.05, 3.63) is 24.3 Å². The lowest BCUT2D eigenvalue weighted by Gasteiger charge is -2.17. The summed E-state index contributed by atoms with van der Waals surface area (Å²) < 4.78 is 42.5. The minimum absolute atomic E-state index is 0.102. The zero-order valence-corrected chi connectivity index (χ0v) is 13.4. The van der Waals surface area contributed by atoms with Crippen molar-refractivity contribution < 1.29 is 27.5 Å². The van der Waals surface area contributed by atoms with Gasteiger partial charge in [0, 0.05) is 12.1 Å². The molecule has 1 aromatic carbocycles. The summed E-state index contributed by atoms with van der Waals surface area (Å²) in [6, 6.07) is 4.78. The van der Waals surface area contributed by atoms with Crippen molar-refractivity contribution in [2.45, 2.75) is 23.4 Å². The number of ether oxygens (including phenoxy) is 1. The highest BCUT2D eigenvalue weighted by atomic mass is 35.5. The largest absolute Gasteiger partial charge is 0.444 e. The van der Waals surface area contributed by atoms with E-state index in [9.17, 15) is 22.8 Å². The third-order valence-electron chi connectivity index (χ3n) is 2.78. The number of amidine groups is 1. The summed E-state index contributed by atoms with van der Waals surface area (Å²) in [5.74, 6) is -1.29. The molecule has 1 aromatic rings. The zero-order chi connectivity index (χ0) is 17.9. The first kappa shape index (κ1) is 18.4. The number of rotatable bonds is 6. The van der Waals surface area contributed by atoms with E-state index < -0.39 is 28.8 Å². The van der Waals surface area contributed by atoms with E-state index in [0.29, 0.717) is 0 Å². The third kappa shape index (κ3) is 4.78. The Morgan fingerprint density at radius 3 is 2.58 bits per heavy atom. The van der Waals surface area contributed by atoms with E-state index in [-0.39, 0.29) is 23.0 Å². The Labute approximate surface area is 143 Å². The van der Waals surface area contributed by atoms with Gasteiger partial charge in [-0.1, -0.05) is 23.4 Å². The number of nitrogens with two attached hydrogens (primary N) is 1. The number of hydrogen-bond donors (Lipinski definition) is 2. The number of carbonyl (C=O) groups is 2. The van der Waals surface area contributed by atoms with E-state index in [4.69, 9.17) is 5.73 Å². The normalized spacial score (nSPS) is 18.9. The third-order valence-corrected chi connectivity index (χ3v) is 4.02. The van der Waals surface area contributed by atoms with Gasteiger partial charge in [0.05, 0.1) is 0 Å². The zero-order valence-electron chi connectivity index (χ0n) is 11.8. The first-order valence-electron chi connectivity index (χ1n) is 6.47. The molecule has 2 atom stereocenters. The SMILES string of the molecule is NC1=NC(=O)[C@@H](CC(=O)Nc2ccc(OC(F)(F)[C@@H](F)Cl)cc2)S1. The molecule has 2 rings (SSSR count). The van der Waals surface area contributed by atoms with Gasteiger partial charge in [0.1, 0.15) is 11.0 Å². The van der Waals surface area contributed by atoms with Crippen molar-refractivity contribution in [2.24, 2.45) is 10.7 Å². The van der Waals surface area contributed by atoms with E-state index in [0.717, 1.165) is 23.9 Å². The molecule has 2 amide bonds. The van der Waals surface area contributed by atoms with Gasteiger partial charge in [-0.2, -0.15) is 13.8 Å². The summed E-state index contributed by atoms with van der Waals surface area (Å²) in [6.45, 7) is 0. The fourth-order valence-corrected chi connectivity index (χ4v) is 2.59. The first-order valence-corrected chi connectivity index (χ1v) is 7.78. The van der Waals surface area contributed by atoms with E-state index in [2.05, 4.69) is 26.6 Å². The van der Waals surface area contributed by atoms with Gasteiger partial charge in [-0.3, -0.25) is 9.59 Å². The molecule has 0 aliphatic carbocycles. The van der Waals surface area contributed by atoms with Gasteiger partial charge in [0.25, 0.3) is 11.5 Å². The van der Waals surface area contributed by atoms with Crippen LogP contribution >= 0.6 is 23.4 Å². The van der Waals surface area contributed by atoms with E-state index >= 15 is 0 Å². The number of hydrogen-bond acceptors (Lipinski definition) is 5. The van der Waals surface area contributed by atoms with Gasteiger partial charge in [0.2, 0.25) is 5.91 Å². The minimum Gasteiger partial charge on any atom is -0.429 e. The molecule has 0 saturated carbocycles. The molecule has 1 heterocycles. The van der Waals surface area contributed by atoms with Crippen molar-refractivity contribution in [3.63, 3.8) is 0 Å². The van der Waals surface area contributed by atoms with E-state index in [1.165, 1.54) is 12.1 Å². The van der Waals surface area contributed by atoms with Crippen molar-refractivity contribution in [2.75, 3.05) is 5.32 Å². The highest BCUT2D eigenvalue weighted by Gasteiger charge is 2.42. The molecule has 0 bridgehead atoms. The topological polar surface area (TPSA) is 93.8 Å². The fourth-order valence-electron chi connectivity index (χ4n) is 1.72. The van der Waals surface area contributed by atoms with Crippen molar-refractivity contribution in [3.8, 4) is 5.75 Å². The molecule has 0 spiro atoms. The molecule has 0 radical (unpaired) electrons. The van der Waals surface area contributed by atoms with Crippen LogP contribution < -0.4 is 15.8 Å². The number of carbonyl (C=O) groups excluding carboxylic acids is 2. The standard InChI is InChI=1S/C13H11ClF3N3O3S/c14-11(15)13(16,17)23-7-3-1-6(2-4-7)19-9(21)5-8-10(22)20-12(18)24-8/h1-4,8,11H,5H2,(H,19,21)(H2,18,20,22)/t8-,11-/m1/s1. The number of nitrogens with zero attached hydrogens (tertiary/aromatic N) is 1. The molecule has 1 aliphatic heterocycles. The quantitative estimate of drug-likeness (QED) is 0.738. The maximum atomic E-state index is 13.0. The molecule has 0 aromatic heterocycles. The Kier molecular flexibility index (Phi) is 5.60. The summed E-state index contributed by atoms with van der Waals surface area (Å²) in [7, 11) is 0. The summed E-state index contributed by atoms with van der Waals surface area (Å²) in [5, 5.41) is 1.90. The lowest BCUT2D eigenvalue weighted by molar-refractivity contribution is -0.199. The number of anilines is 1. The summed E-state index contributed by atoms with van der Waals surface area (Å²) in [4.78, 5) is 26.7. The van der Waals surface area contributed by atoms with Gasteiger partial charge in [-0.05, 0) is 24.3 Å². The first-order chi connectivity index (χ1) is 11.2. The predicted octanol–water partition coefficient (Wildman–Crippen LogP) is 2.48. The number of amides is 2. The van der Waals surface area contributed by atoms with E-state index in [1.54, 1.807) is 0 Å². The maximum absolute atomic E-state index is 13.0. The molecule has 11 heteroatoms. The van der Waals surface area contributed by atoms with Gasteiger partial charge in [-0.25, -0.2) is 4.39 Å². The summed E-state index contributed by atoms with van der Waals surface area (Å²) in [6.07, 6.45) is -4.31. The Morgan fingerprint density at radius 1 is 1.46 bits per heavy atom. The molecular weight excluding hydrogens is 371 g/mol. The fraction of sp³-hybridized carbons (Fsp3) is 0.308. The van der Waals surface area contributed by atoms with Gasteiger partial charge >= 0.3 is 6.11 Å². The predicted molar refractivity (Wildman–Crippen MR) is 84.0 cm³/mol. The lowest BCUT2D eigenvalue weighted by atomic mass is 10.2. The molecule has 0 unspecified atom stereocenters. The molecule has 0 saturated heterocycles. The number of alkyl halides is 4. The molecule has 130 valence electrons. The van der Waals surface area contributed by atoms with Gasteiger partial charge in [-0.15, -0.1) is 0 Å². The van der Waals surface area contributed by atoms with Crippen LogP contribution in [0, 0.1) is 0 Å². The lowest BCUT2D eigenvalue weighted by Crippen LogP contribution is -2.32. The van der Waals surface area contributed by atoms with Crippen LogP contribution in [0.1, 0.15) is 6.42 Å². The number of benzene rings is 1. The van der Waals surface area contributed by atoms with Crippen molar-refractivity contribution in [1.82, 2.24) is 0 Å².